The van der Waals surface area contributed by atoms with Gasteiger partial charge in [-0.2, -0.15) is 0 Å². The number of nitrogens with zero attached hydrogens (tertiary/aromatic N) is 2. The minimum atomic E-state index is -3.12. The molecule has 0 amide bonds. The topological polar surface area (TPSA) is 34.4 Å². The second kappa shape index (κ2) is 9.01. The van der Waals surface area contributed by atoms with Gasteiger partial charge in [-0.3, -0.25) is 4.40 Å². The lowest BCUT2D eigenvalue weighted by atomic mass is 10.0. The first-order valence-corrected chi connectivity index (χ1v) is 17.0. The molecular weight excluding hydrogens is 567 g/mol. The summed E-state index contributed by atoms with van der Waals surface area (Å²) in [6.07, 6.45) is 0. The van der Waals surface area contributed by atoms with Crippen molar-refractivity contribution >= 4 is 72.2 Å². The molecule has 0 unspecified atom stereocenters. The fourth-order valence-electron chi connectivity index (χ4n) is 7.45. The Labute approximate surface area is 259 Å². The Hall–Kier alpha value is -5.50. The molecule has 1 aliphatic rings. The predicted octanol–water partition coefficient (Wildman–Crippen LogP) is 9.23. The van der Waals surface area contributed by atoms with Crippen molar-refractivity contribution in [1.29, 1.82) is 0 Å². The first-order valence-electron chi connectivity index (χ1n) is 15.2. The maximum absolute atomic E-state index is 15.5. The van der Waals surface area contributed by atoms with Gasteiger partial charge < -0.3 is 4.57 Å². The first-order chi connectivity index (χ1) is 22.2. The third-order valence-electron chi connectivity index (χ3n) is 9.54. The van der Waals surface area contributed by atoms with E-state index in [2.05, 4.69) is 114 Å². The molecule has 9 aromatic rings. The molecule has 0 saturated heterocycles. The van der Waals surface area contributed by atoms with Crippen molar-refractivity contribution in [3.05, 3.63) is 152 Å². The van der Waals surface area contributed by atoms with Crippen molar-refractivity contribution < 1.29 is 4.57 Å². The van der Waals surface area contributed by atoms with Crippen LogP contribution in [0.5, 0.6) is 0 Å². The van der Waals surface area contributed by atoms with E-state index in [9.17, 15) is 0 Å². The molecule has 0 fully saturated rings. The lowest BCUT2D eigenvalue weighted by Crippen LogP contribution is -2.21. The van der Waals surface area contributed by atoms with Gasteiger partial charge in [-0.05, 0) is 68.7 Å². The Morgan fingerprint density at radius 1 is 0.489 bits per heavy atom. The molecule has 3 heterocycles. The SMILES string of the molecule is O=P1(c2ccc3c4cc5ccccc5cc4c4nc5ccc(-c6ccccc6)cc5n4c3c2)c2ccccc2-c2ccccc21. The van der Waals surface area contributed by atoms with Crippen LogP contribution in [0.15, 0.2) is 152 Å². The number of hydrogen-bond acceptors (Lipinski definition) is 2. The highest BCUT2D eigenvalue weighted by Gasteiger charge is 2.40. The van der Waals surface area contributed by atoms with Crippen LogP contribution in [0, 0.1) is 0 Å². The summed E-state index contributed by atoms with van der Waals surface area (Å²) in [5, 5.41) is 8.41. The Balaban J connectivity index is 1.36. The number of rotatable bonds is 2. The average molecular weight is 593 g/mol. The molecule has 0 bridgehead atoms. The highest BCUT2D eigenvalue weighted by atomic mass is 31.2. The van der Waals surface area contributed by atoms with Crippen LogP contribution >= 0.6 is 7.14 Å². The zero-order chi connectivity index (χ0) is 29.7. The molecule has 0 radical (unpaired) electrons. The highest BCUT2D eigenvalue weighted by Crippen LogP contribution is 2.52. The number of imidazole rings is 1. The van der Waals surface area contributed by atoms with E-state index in [1.807, 2.05) is 42.5 Å². The van der Waals surface area contributed by atoms with E-state index < -0.39 is 7.14 Å². The molecule has 2 aromatic heterocycles. The number of aromatic nitrogens is 2. The minimum absolute atomic E-state index is 0.843. The maximum atomic E-state index is 15.5. The van der Waals surface area contributed by atoms with E-state index in [0.29, 0.717) is 0 Å². The molecule has 0 atom stereocenters. The summed E-state index contributed by atoms with van der Waals surface area (Å²) < 4.78 is 17.8. The van der Waals surface area contributed by atoms with Crippen LogP contribution in [-0.2, 0) is 4.57 Å². The van der Waals surface area contributed by atoms with Gasteiger partial charge in [-0.15, -0.1) is 0 Å². The summed E-state index contributed by atoms with van der Waals surface area (Å²) >= 11 is 0. The Kier molecular flexibility index (Phi) is 4.99. The molecule has 7 aromatic carbocycles. The van der Waals surface area contributed by atoms with Gasteiger partial charge >= 0.3 is 0 Å². The van der Waals surface area contributed by atoms with Crippen molar-refractivity contribution in [1.82, 2.24) is 9.38 Å². The Morgan fingerprint density at radius 2 is 1.13 bits per heavy atom. The van der Waals surface area contributed by atoms with E-state index in [1.54, 1.807) is 0 Å². The standard InChI is InChI=1S/C41H25N2OP/c44-45(39-16-8-6-14-32(39)33-15-7-9-17-40(33)45)30-19-20-31-34-22-27-12-4-5-13-28(27)23-35(34)41-42-36-21-18-29(26-10-2-1-3-11-26)24-38(36)43(41)37(31)25-30/h1-25H. The monoisotopic (exact) mass is 592 g/mol. The Bertz CT molecular complexity index is 2690. The lowest BCUT2D eigenvalue weighted by Gasteiger charge is -2.18. The fourth-order valence-corrected chi connectivity index (χ4v) is 10.5. The molecular formula is C41H25N2OP. The summed E-state index contributed by atoms with van der Waals surface area (Å²) in [5.41, 5.74) is 8.31. The summed E-state index contributed by atoms with van der Waals surface area (Å²) in [5.74, 6) is 0. The van der Waals surface area contributed by atoms with Crippen LogP contribution in [0.25, 0.3) is 71.4 Å². The Morgan fingerprint density at radius 3 is 1.87 bits per heavy atom. The van der Waals surface area contributed by atoms with Crippen molar-refractivity contribution in [2.24, 2.45) is 0 Å². The second-order valence-corrected chi connectivity index (χ2v) is 14.6. The third kappa shape index (κ3) is 3.36. The zero-order valence-corrected chi connectivity index (χ0v) is 25.1. The van der Waals surface area contributed by atoms with Crippen molar-refractivity contribution in [2.45, 2.75) is 0 Å². The molecule has 4 heteroatoms. The number of pyridine rings is 1. The van der Waals surface area contributed by atoms with Gasteiger partial charge in [-0.1, -0.05) is 121 Å². The molecule has 0 spiro atoms. The normalized spacial score (nSPS) is 13.6. The largest absolute Gasteiger partial charge is 0.309 e. The number of benzene rings is 7. The van der Waals surface area contributed by atoms with Gasteiger partial charge in [0, 0.05) is 26.7 Å². The van der Waals surface area contributed by atoms with Gasteiger partial charge in [0.05, 0.1) is 16.6 Å². The lowest BCUT2D eigenvalue weighted by molar-refractivity contribution is 0.593. The van der Waals surface area contributed by atoms with Crippen molar-refractivity contribution in [2.75, 3.05) is 0 Å². The van der Waals surface area contributed by atoms with E-state index in [-0.39, 0.29) is 0 Å². The highest BCUT2D eigenvalue weighted by molar-refractivity contribution is 7.86. The second-order valence-electron chi connectivity index (χ2n) is 11.9. The van der Waals surface area contributed by atoms with Crippen LogP contribution in [0.3, 0.4) is 0 Å². The smallest absolute Gasteiger partial charge is 0.172 e. The predicted molar refractivity (Wildman–Crippen MR) is 189 cm³/mol. The zero-order valence-electron chi connectivity index (χ0n) is 24.2. The van der Waals surface area contributed by atoms with Crippen LogP contribution in [0.4, 0.5) is 0 Å². The van der Waals surface area contributed by atoms with E-state index >= 15 is 4.57 Å². The van der Waals surface area contributed by atoms with Crippen molar-refractivity contribution in [3.63, 3.8) is 0 Å². The molecule has 0 saturated carbocycles. The van der Waals surface area contributed by atoms with Crippen LogP contribution in [0.2, 0.25) is 0 Å². The molecule has 1 aliphatic heterocycles. The van der Waals surface area contributed by atoms with Gasteiger partial charge in [0.15, 0.2) is 7.14 Å². The van der Waals surface area contributed by atoms with Gasteiger partial charge in [-0.25, -0.2) is 4.98 Å². The summed E-state index contributed by atoms with van der Waals surface area (Å²) in [6.45, 7) is 0. The molecule has 0 aliphatic carbocycles. The number of fused-ring (bicyclic) bond motifs is 12. The maximum Gasteiger partial charge on any atom is 0.172 e. The quantitative estimate of drug-likeness (QED) is 0.114. The average Bonchev–Trinajstić information content (AvgIpc) is 3.62. The van der Waals surface area contributed by atoms with E-state index in [1.165, 1.54) is 10.8 Å². The van der Waals surface area contributed by atoms with E-state index in [0.717, 1.165) is 76.5 Å². The van der Waals surface area contributed by atoms with Crippen molar-refractivity contribution in [3.8, 4) is 22.3 Å². The van der Waals surface area contributed by atoms with Crippen LogP contribution in [0.1, 0.15) is 0 Å². The van der Waals surface area contributed by atoms with Crippen LogP contribution in [-0.4, -0.2) is 9.38 Å². The third-order valence-corrected chi connectivity index (χ3v) is 12.7. The summed E-state index contributed by atoms with van der Waals surface area (Å²) in [6, 6.07) is 52.8. The summed E-state index contributed by atoms with van der Waals surface area (Å²) in [4.78, 5) is 5.25. The van der Waals surface area contributed by atoms with Gasteiger partial charge in [0.25, 0.3) is 0 Å². The van der Waals surface area contributed by atoms with Crippen LogP contribution < -0.4 is 15.9 Å². The molecule has 45 heavy (non-hydrogen) atoms. The first kappa shape index (κ1) is 24.9. The summed E-state index contributed by atoms with van der Waals surface area (Å²) in [7, 11) is -3.12. The molecule has 0 N–H and O–H groups in total. The van der Waals surface area contributed by atoms with Gasteiger partial charge in [0.1, 0.15) is 5.65 Å². The molecule has 3 nitrogen and oxygen atoms in total. The van der Waals surface area contributed by atoms with E-state index in [4.69, 9.17) is 4.98 Å². The molecule has 10 rings (SSSR count). The number of hydrogen-bond donors (Lipinski definition) is 0. The molecule has 210 valence electrons. The van der Waals surface area contributed by atoms with Gasteiger partial charge in [0.2, 0.25) is 0 Å². The minimum Gasteiger partial charge on any atom is -0.309 e. The fraction of sp³-hybridized carbons (Fsp3) is 0.